The Balaban J connectivity index is 2.24. The van der Waals surface area contributed by atoms with Crippen LogP contribution in [0.15, 0.2) is 41.6 Å². The van der Waals surface area contributed by atoms with Crippen LogP contribution in [0.3, 0.4) is 0 Å². The predicted molar refractivity (Wildman–Crippen MR) is 77.7 cm³/mol. The normalized spacial score (nSPS) is 16.9. The van der Waals surface area contributed by atoms with Gasteiger partial charge in [-0.1, -0.05) is 18.2 Å². The van der Waals surface area contributed by atoms with Crippen LogP contribution in [0, 0.1) is 0 Å². The van der Waals surface area contributed by atoms with Gasteiger partial charge in [-0.25, -0.2) is 9.69 Å². The standard InChI is InChI=1S/C15H18N2O4/c1-20-10-13(16-11-6-4-3-5-7-11)12-8-9-17(14(12)18)15(19)21-2/h3-7,16H,8-10H2,1-2H3. The number of benzene rings is 1. The summed E-state index contributed by atoms with van der Waals surface area (Å²) in [4.78, 5) is 24.9. The maximum absolute atomic E-state index is 12.3. The molecule has 1 heterocycles. The van der Waals surface area contributed by atoms with Gasteiger partial charge in [0.1, 0.15) is 0 Å². The molecular weight excluding hydrogens is 272 g/mol. The van der Waals surface area contributed by atoms with Crippen LogP contribution in [-0.2, 0) is 14.3 Å². The van der Waals surface area contributed by atoms with Crippen molar-refractivity contribution in [1.82, 2.24) is 4.90 Å². The van der Waals surface area contributed by atoms with Gasteiger partial charge in [0.2, 0.25) is 0 Å². The Kier molecular flexibility index (Phi) is 4.94. The van der Waals surface area contributed by atoms with Crippen LogP contribution in [0.5, 0.6) is 0 Å². The highest BCUT2D eigenvalue weighted by molar-refractivity contribution is 6.05. The summed E-state index contributed by atoms with van der Waals surface area (Å²) in [6.07, 6.45) is -0.154. The molecule has 1 aromatic carbocycles. The Morgan fingerprint density at radius 1 is 1.29 bits per heavy atom. The number of methoxy groups -OCH3 is 2. The van der Waals surface area contributed by atoms with E-state index in [1.54, 1.807) is 7.11 Å². The van der Waals surface area contributed by atoms with Gasteiger partial charge in [-0.15, -0.1) is 0 Å². The molecule has 2 amide bonds. The van der Waals surface area contributed by atoms with E-state index in [1.807, 2.05) is 30.3 Å². The van der Waals surface area contributed by atoms with Crippen molar-refractivity contribution < 1.29 is 19.1 Å². The van der Waals surface area contributed by atoms with Crippen molar-refractivity contribution in [3.63, 3.8) is 0 Å². The number of nitrogens with zero attached hydrogens (tertiary/aromatic N) is 1. The summed E-state index contributed by atoms with van der Waals surface area (Å²) >= 11 is 0. The topological polar surface area (TPSA) is 67.9 Å². The number of carbonyl (C=O) groups excluding carboxylic acids is 2. The molecule has 6 nitrogen and oxygen atoms in total. The Morgan fingerprint density at radius 2 is 2.00 bits per heavy atom. The van der Waals surface area contributed by atoms with Crippen LogP contribution in [0.1, 0.15) is 6.42 Å². The molecule has 0 radical (unpaired) electrons. The van der Waals surface area contributed by atoms with Crippen LogP contribution in [-0.4, -0.2) is 44.3 Å². The summed E-state index contributed by atoms with van der Waals surface area (Å²) in [5.74, 6) is -0.336. The lowest BCUT2D eigenvalue weighted by Gasteiger charge is -2.14. The van der Waals surface area contributed by atoms with Crippen molar-refractivity contribution in [3.8, 4) is 0 Å². The predicted octanol–water partition coefficient (Wildman–Crippen LogP) is 2.00. The number of hydrogen-bond donors (Lipinski definition) is 1. The first-order chi connectivity index (χ1) is 10.2. The van der Waals surface area contributed by atoms with Crippen molar-refractivity contribution in [2.75, 3.05) is 32.7 Å². The Bertz CT molecular complexity index is 554. The molecule has 0 unspecified atom stereocenters. The summed E-state index contributed by atoms with van der Waals surface area (Å²) in [6.45, 7) is 0.593. The van der Waals surface area contributed by atoms with Crippen LogP contribution >= 0.6 is 0 Å². The second-order valence-electron chi connectivity index (χ2n) is 4.56. The van der Waals surface area contributed by atoms with E-state index in [4.69, 9.17) is 4.74 Å². The van der Waals surface area contributed by atoms with E-state index in [2.05, 4.69) is 10.1 Å². The highest BCUT2D eigenvalue weighted by Crippen LogP contribution is 2.23. The number of para-hydroxylation sites is 1. The average Bonchev–Trinajstić information content (AvgIpc) is 2.89. The van der Waals surface area contributed by atoms with E-state index < -0.39 is 6.09 Å². The van der Waals surface area contributed by atoms with Crippen LogP contribution in [0.2, 0.25) is 0 Å². The number of anilines is 1. The Hall–Kier alpha value is -2.34. The number of nitrogens with one attached hydrogen (secondary N) is 1. The van der Waals surface area contributed by atoms with Crippen molar-refractivity contribution >= 4 is 17.7 Å². The number of rotatable bonds is 4. The van der Waals surface area contributed by atoms with Crippen molar-refractivity contribution in [2.45, 2.75) is 6.42 Å². The fraction of sp³-hybridized carbons (Fsp3) is 0.333. The van der Waals surface area contributed by atoms with Gasteiger partial charge in [0.25, 0.3) is 5.91 Å². The monoisotopic (exact) mass is 290 g/mol. The minimum absolute atomic E-state index is 0.269. The first kappa shape index (κ1) is 15.1. The highest BCUT2D eigenvalue weighted by atomic mass is 16.5. The number of amides is 2. The third kappa shape index (κ3) is 3.41. The molecule has 0 aliphatic carbocycles. The molecule has 0 atom stereocenters. The lowest BCUT2D eigenvalue weighted by molar-refractivity contribution is -0.123. The number of ether oxygens (including phenoxy) is 2. The van der Waals surface area contributed by atoms with Gasteiger partial charge in [0, 0.05) is 24.9 Å². The van der Waals surface area contributed by atoms with Crippen LogP contribution in [0.4, 0.5) is 10.5 Å². The molecule has 1 saturated heterocycles. The van der Waals surface area contributed by atoms with Gasteiger partial charge < -0.3 is 14.8 Å². The van der Waals surface area contributed by atoms with Gasteiger partial charge in [-0.2, -0.15) is 0 Å². The van der Waals surface area contributed by atoms with Crippen LogP contribution < -0.4 is 5.32 Å². The minimum Gasteiger partial charge on any atom is -0.452 e. The van der Waals surface area contributed by atoms with E-state index >= 15 is 0 Å². The molecule has 0 spiro atoms. The summed E-state index contributed by atoms with van der Waals surface area (Å²) in [5, 5.41) is 3.18. The van der Waals surface area contributed by atoms with Crippen molar-refractivity contribution in [3.05, 3.63) is 41.6 Å². The molecule has 0 aromatic heterocycles. The number of imide groups is 1. The number of hydrogen-bond acceptors (Lipinski definition) is 5. The van der Waals surface area contributed by atoms with E-state index in [0.717, 1.165) is 10.6 Å². The third-order valence-electron chi connectivity index (χ3n) is 3.21. The van der Waals surface area contributed by atoms with Crippen molar-refractivity contribution in [2.24, 2.45) is 0 Å². The molecule has 1 aromatic rings. The van der Waals surface area contributed by atoms with Crippen molar-refractivity contribution in [1.29, 1.82) is 0 Å². The lowest BCUT2D eigenvalue weighted by atomic mass is 10.1. The lowest BCUT2D eigenvalue weighted by Crippen LogP contribution is -2.32. The van der Waals surface area contributed by atoms with Gasteiger partial charge in [-0.05, 0) is 18.6 Å². The van der Waals surface area contributed by atoms with E-state index in [0.29, 0.717) is 24.2 Å². The molecule has 21 heavy (non-hydrogen) atoms. The summed E-state index contributed by atoms with van der Waals surface area (Å²) in [5.41, 5.74) is 2.08. The fourth-order valence-corrected chi connectivity index (χ4v) is 2.20. The van der Waals surface area contributed by atoms with Gasteiger partial charge >= 0.3 is 6.09 Å². The smallest absolute Gasteiger partial charge is 0.416 e. The summed E-state index contributed by atoms with van der Waals surface area (Å²) < 4.78 is 9.75. The zero-order valence-electron chi connectivity index (χ0n) is 12.1. The fourth-order valence-electron chi connectivity index (χ4n) is 2.20. The van der Waals surface area contributed by atoms with Gasteiger partial charge in [-0.3, -0.25) is 4.79 Å². The summed E-state index contributed by atoms with van der Waals surface area (Å²) in [7, 11) is 2.82. The molecule has 0 bridgehead atoms. The zero-order chi connectivity index (χ0) is 15.2. The molecule has 112 valence electrons. The second-order valence-corrected chi connectivity index (χ2v) is 4.56. The molecule has 6 heteroatoms. The molecule has 0 saturated carbocycles. The van der Waals surface area contributed by atoms with Crippen LogP contribution in [0.25, 0.3) is 0 Å². The maximum atomic E-state index is 12.3. The van der Waals surface area contributed by atoms with E-state index in [-0.39, 0.29) is 12.5 Å². The highest BCUT2D eigenvalue weighted by Gasteiger charge is 2.33. The zero-order valence-corrected chi connectivity index (χ0v) is 12.1. The molecule has 1 aliphatic rings. The first-order valence-corrected chi connectivity index (χ1v) is 6.60. The Labute approximate surface area is 123 Å². The molecule has 1 fully saturated rings. The van der Waals surface area contributed by atoms with E-state index in [1.165, 1.54) is 7.11 Å². The Morgan fingerprint density at radius 3 is 2.62 bits per heavy atom. The second kappa shape index (κ2) is 6.90. The number of carbonyl (C=O) groups is 2. The maximum Gasteiger partial charge on any atom is 0.416 e. The third-order valence-corrected chi connectivity index (χ3v) is 3.21. The molecule has 1 aliphatic heterocycles. The largest absolute Gasteiger partial charge is 0.452 e. The molecule has 1 N–H and O–H groups in total. The van der Waals surface area contributed by atoms with E-state index in [9.17, 15) is 9.59 Å². The van der Waals surface area contributed by atoms with Gasteiger partial charge in [0.15, 0.2) is 0 Å². The molecule has 2 rings (SSSR count). The summed E-state index contributed by atoms with van der Waals surface area (Å²) in [6, 6.07) is 9.50. The van der Waals surface area contributed by atoms with Gasteiger partial charge in [0.05, 0.1) is 19.4 Å². The number of likely N-dealkylation sites (tertiary alicyclic amines) is 1. The first-order valence-electron chi connectivity index (χ1n) is 6.60. The molecular formula is C15H18N2O4. The SMILES string of the molecule is COCC(Nc1ccccc1)=C1CCN(C(=O)OC)C1=O. The minimum atomic E-state index is -0.633. The average molecular weight is 290 g/mol. The quantitative estimate of drug-likeness (QED) is 0.859.